The van der Waals surface area contributed by atoms with Crippen molar-refractivity contribution in [2.45, 2.75) is 5.88 Å². The molecule has 72 valence electrons. The van der Waals surface area contributed by atoms with Gasteiger partial charge in [-0.1, -0.05) is 11.6 Å². The summed E-state index contributed by atoms with van der Waals surface area (Å²) in [5, 5.41) is 0.590. The van der Waals surface area contributed by atoms with Gasteiger partial charge in [-0.05, 0) is 11.6 Å². The molecule has 1 aromatic carbocycles. The Kier molecular flexibility index (Phi) is 3.70. The number of methoxy groups -OCH3 is 2. The molecule has 0 saturated carbocycles. The van der Waals surface area contributed by atoms with Gasteiger partial charge in [-0.2, -0.15) is 0 Å². The molecule has 2 nitrogen and oxygen atoms in total. The Bertz CT molecular complexity index is 300. The summed E-state index contributed by atoms with van der Waals surface area (Å²) in [6.07, 6.45) is 0. The van der Waals surface area contributed by atoms with E-state index >= 15 is 0 Å². The molecule has 4 heteroatoms. The third-order valence-corrected chi connectivity index (χ3v) is 2.34. The molecule has 0 aliphatic rings. The van der Waals surface area contributed by atoms with Crippen LogP contribution in [0, 0.1) is 0 Å². The number of rotatable bonds is 3. The number of benzene rings is 1. The molecule has 0 N–H and O–H groups in total. The molecule has 0 saturated heterocycles. The predicted molar refractivity (Wildman–Crippen MR) is 54.1 cm³/mol. The summed E-state index contributed by atoms with van der Waals surface area (Å²) in [5.74, 6) is 1.61. The lowest BCUT2D eigenvalue weighted by atomic mass is 10.2. The number of hydrogen-bond donors (Lipinski definition) is 0. The van der Waals surface area contributed by atoms with Gasteiger partial charge in [0.2, 0.25) is 0 Å². The summed E-state index contributed by atoms with van der Waals surface area (Å²) in [4.78, 5) is 0. The molecule has 0 spiro atoms. The molecule has 0 bridgehead atoms. The third kappa shape index (κ3) is 2.20. The molecule has 1 rings (SSSR count). The maximum atomic E-state index is 5.92. The van der Waals surface area contributed by atoms with Crippen LogP contribution in [0.4, 0.5) is 0 Å². The summed E-state index contributed by atoms with van der Waals surface area (Å²) in [6.45, 7) is 0. The molecule has 0 radical (unpaired) electrons. The summed E-state index contributed by atoms with van der Waals surface area (Å²) in [7, 11) is 3.14. The van der Waals surface area contributed by atoms with Gasteiger partial charge >= 0.3 is 0 Å². The molecule has 0 heterocycles. The molecule has 0 unspecified atom stereocenters. The predicted octanol–water partition coefficient (Wildman–Crippen LogP) is 3.10. The second kappa shape index (κ2) is 4.58. The molecule has 0 aliphatic heterocycles. The van der Waals surface area contributed by atoms with E-state index in [0.29, 0.717) is 22.4 Å². The Morgan fingerprint density at radius 2 is 1.69 bits per heavy atom. The second-order valence-electron chi connectivity index (χ2n) is 2.43. The minimum absolute atomic E-state index is 0.360. The van der Waals surface area contributed by atoms with Crippen LogP contribution in [0.25, 0.3) is 0 Å². The van der Waals surface area contributed by atoms with Gasteiger partial charge in [0.15, 0.2) is 11.5 Å². The number of ether oxygens (including phenoxy) is 2. The molecule has 1 aromatic rings. The average molecular weight is 221 g/mol. The summed E-state index contributed by atoms with van der Waals surface area (Å²) >= 11 is 11.6. The Labute approximate surface area is 87.4 Å². The highest BCUT2D eigenvalue weighted by molar-refractivity contribution is 6.32. The van der Waals surface area contributed by atoms with E-state index in [1.807, 2.05) is 0 Å². The lowest BCUT2D eigenvalue weighted by Crippen LogP contribution is -1.92. The van der Waals surface area contributed by atoms with Crippen molar-refractivity contribution in [3.63, 3.8) is 0 Å². The molecule has 0 aromatic heterocycles. The van der Waals surface area contributed by atoms with Crippen LogP contribution >= 0.6 is 23.2 Å². The van der Waals surface area contributed by atoms with Gasteiger partial charge in [-0.3, -0.25) is 0 Å². The van der Waals surface area contributed by atoms with Crippen LogP contribution in [-0.2, 0) is 5.88 Å². The largest absolute Gasteiger partial charge is 0.493 e. The molecule has 13 heavy (non-hydrogen) atoms. The van der Waals surface area contributed by atoms with Crippen molar-refractivity contribution in [1.82, 2.24) is 0 Å². The van der Waals surface area contributed by atoms with Gasteiger partial charge in [0.25, 0.3) is 0 Å². The first kappa shape index (κ1) is 10.5. The minimum atomic E-state index is 0.360. The van der Waals surface area contributed by atoms with Crippen LogP contribution in [0.15, 0.2) is 12.1 Å². The van der Waals surface area contributed by atoms with Crippen LogP contribution in [-0.4, -0.2) is 14.2 Å². The van der Waals surface area contributed by atoms with Crippen molar-refractivity contribution in [3.8, 4) is 11.5 Å². The molecular formula is C9H10Cl2O2. The SMILES string of the molecule is COc1cc(Cl)c(CCl)cc1OC. The number of halogens is 2. The van der Waals surface area contributed by atoms with Crippen molar-refractivity contribution in [2.24, 2.45) is 0 Å². The van der Waals surface area contributed by atoms with E-state index in [1.54, 1.807) is 26.4 Å². The zero-order chi connectivity index (χ0) is 9.84. The van der Waals surface area contributed by atoms with Crippen molar-refractivity contribution in [2.75, 3.05) is 14.2 Å². The van der Waals surface area contributed by atoms with E-state index in [0.717, 1.165) is 5.56 Å². The maximum Gasteiger partial charge on any atom is 0.162 e. The minimum Gasteiger partial charge on any atom is -0.493 e. The van der Waals surface area contributed by atoms with Gasteiger partial charge in [0.05, 0.1) is 14.2 Å². The highest BCUT2D eigenvalue weighted by atomic mass is 35.5. The monoisotopic (exact) mass is 220 g/mol. The Morgan fingerprint density at radius 1 is 1.15 bits per heavy atom. The molecule has 0 atom stereocenters. The number of alkyl halides is 1. The third-order valence-electron chi connectivity index (χ3n) is 1.70. The quantitative estimate of drug-likeness (QED) is 0.730. The normalized spacial score (nSPS) is 9.85. The lowest BCUT2D eigenvalue weighted by Gasteiger charge is -2.09. The first-order valence-electron chi connectivity index (χ1n) is 3.69. The Morgan fingerprint density at radius 3 is 2.15 bits per heavy atom. The van der Waals surface area contributed by atoms with Crippen LogP contribution in [0.5, 0.6) is 11.5 Å². The number of hydrogen-bond acceptors (Lipinski definition) is 2. The van der Waals surface area contributed by atoms with Gasteiger partial charge in [0, 0.05) is 17.0 Å². The first-order chi connectivity index (χ1) is 6.22. The molecule has 0 amide bonds. The fourth-order valence-corrected chi connectivity index (χ4v) is 1.51. The highest BCUT2D eigenvalue weighted by Gasteiger charge is 2.08. The van der Waals surface area contributed by atoms with E-state index in [1.165, 1.54) is 0 Å². The highest BCUT2D eigenvalue weighted by Crippen LogP contribution is 2.33. The van der Waals surface area contributed by atoms with Gasteiger partial charge in [-0.15, -0.1) is 11.6 Å². The first-order valence-corrected chi connectivity index (χ1v) is 4.60. The second-order valence-corrected chi connectivity index (χ2v) is 3.11. The van der Waals surface area contributed by atoms with Crippen LogP contribution in [0.2, 0.25) is 5.02 Å². The van der Waals surface area contributed by atoms with E-state index in [-0.39, 0.29) is 0 Å². The Balaban J connectivity index is 3.18. The smallest absolute Gasteiger partial charge is 0.162 e. The lowest BCUT2D eigenvalue weighted by molar-refractivity contribution is 0.354. The van der Waals surface area contributed by atoms with Crippen molar-refractivity contribution >= 4 is 23.2 Å². The van der Waals surface area contributed by atoms with E-state index in [4.69, 9.17) is 32.7 Å². The van der Waals surface area contributed by atoms with Crippen LogP contribution in [0.3, 0.4) is 0 Å². The Hall–Kier alpha value is -0.600. The standard InChI is InChI=1S/C9H10Cl2O2/c1-12-8-3-6(5-10)7(11)4-9(8)13-2/h3-4H,5H2,1-2H3. The van der Waals surface area contributed by atoms with Gasteiger partial charge < -0.3 is 9.47 Å². The summed E-state index contributed by atoms with van der Waals surface area (Å²) in [5.41, 5.74) is 0.834. The summed E-state index contributed by atoms with van der Waals surface area (Å²) < 4.78 is 10.2. The van der Waals surface area contributed by atoms with Crippen molar-refractivity contribution in [1.29, 1.82) is 0 Å². The maximum absolute atomic E-state index is 5.92. The topological polar surface area (TPSA) is 18.5 Å². The fraction of sp³-hybridized carbons (Fsp3) is 0.333. The zero-order valence-electron chi connectivity index (χ0n) is 7.43. The fourth-order valence-electron chi connectivity index (χ4n) is 0.999. The average Bonchev–Trinajstić information content (AvgIpc) is 2.17. The molecular weight excluding hydrogens is 211 g/mol. The molecule has 0 aliphatic carbocycles. The van der Waals surface area contributed by atoms with Crippen molar-refractivity contribution in [3.05, 3.63) is 22.7 Å². The van der Waals surface area contributed by atoms with E-state index < -0.39 is 0 Å². The van der Waals surface area contributed by atoms with Crippen molar-refractivity contribution < 1.29 is 9.47 Å². The van der Waals surface area contributed by atoms with Crippen LogP contribution < -0.4 is 9.47 Å². The zero-order valence-corrected chi connectivity index (χ0v) is 8.95. The van der Waals surface area contributed by atoms with Gasteiger partial charge in [0.1, 0.15) is 0 Å². The van der Waals surface area contributed by atoms with E-state index in [2.05, 4.69) is 0 Å². The summed E-state index contributed by atoms with van der Waals surface area (Å²) in [6, 6.07) is 3.46. The van der Waals surface area contributed by atoms with Gasteiger partial charge in [-0.25, -0.2) is 0 Å². The molecule has 0 fully saturated rings. The van der Waals surface area contributed by atoms with Crippen LogP contribution in [0.1, 0.15) is 5.56 Å². The van der Waals surface area contributed by atoms with E-state index in [9.17, 15) is 0 Å².